The predicted molar refractivity (Wildman–Crippen MR) is 102 cm³/mol. The van der Waals surface area contributed by atoms with E-state index in [0.717, 1.165) is 36.1 Å². The molecule has 1 saturated carbocycles. The van der Waals surface area contributed by atoms with Crippen molar-refractivity contribution in [3.8, 4) is 0 Å². The van der Waals surface area contributed by atoms with E-state index in [1.165, 1.54) is 7.11 Å². The van der Waals surface area contributed by atoms with E-state index in [4.69, 9.17) is 4.74 Å². The maximum Gasteiger partial charge on any atom is 0.331 e. The zero-order valence-corrected chi connectivity index (χ0v) is 16.3. The average Bonchev–Trinajstić information content (AvgIpc) is 3.05. The standard InChI is InChI=1S/C21H28N2O4/c1-14-8-7-9-17(15(14)2)23-13-16(12-18(23)24)19(25)22-21(20(26)27-3)10-5-4-6-11-21/h7-9,16H,4-6,10-13H2,1-3H3,(H,22,25). The summed E-state index contributed by atoms with van der Waals surface area (Å²) < 4.78 is 4.97. The lowest BCUT2D eigenvalue weighted by Gasteiger charge is -2.35. The first kappa shape index (κ1) is 19.4. The number of rotatable bonds is 4. The van der Waals surface area contributed by atoms with Gasteiger partial charge in [0.25, 0.3) is 0 Å². The van der Waals surface area contributed by atoms with E-state index in [1.54, 1.807) is 4.90 Å². The maximum absolute atomic E-state index is 12.9. The molecule has 2 amide bonds. The zero-order chi connectivity index (χ0) is 19.6. The van der Waals surface area contributed by atoms with Crippen LogP contribution in [0, 0.1) is 19.8 Å². The number of carbonyl (C=O) groups is 3. The van der Waals surface area contributed by atoms with Crippen LogP contribution in [0.5, 0.6) is 0 Å². The molecule has 6 nitrogen and oxygen atoms in total. The third-order valence-corrected chi connectivity index (χ3v) is 6.01. The average molecular weight is 372 g/mol. The fourth-order valence-corrected chi connectivity index (χ4v) is 4.21. The summed E-state index contributed by atoms with van der Waals surface area (Å²) in [5.74, 6) is -1.13. The number of ether oxygens (including phenoxy) is 1. The van der Waals surface area contributed by atoms with Crippen LogP contribution in [-0.2, 0) is 19.1 Å². The summed E-state index contributed by atoms with van der Waals surface area (Å²) in [5, 5.41) is 2.95. The molecule has 1 unspecified atom stereocenters. The first-order valence-electron chi connectivity index (χ1n) is 9.65. The van der Waals surface area contributed by atoms with Crippen LogP contribution in [0.3, 0.4) is 0 Å². The van der Waals surface area contributed by atoms with Crippen LogP contribution >= 0.6 is 0 Å². The second kappa shape index (κ2) is 7.71. The number of nitrogens with zero attached hydrogens (tertiary/aromatic N) is 1. The summed E-state index contributed by atoms with van der Waals surface area (Å²) in [6.45, 7) is 4.33. The zero-order valence-electron chi connectivity index (χ0n) is 16.3. The molecule has 0 spiro atoms. The SMILES string of the molecule is COC(=O)C1(NC(=O)C2CC(=O)N(c3cccc(C)c3C)C2)CCCCC1. The molecular weight excluding hydrogens is 344 g/mol. The minimum Gasteiger partial charge on any atom is -0.467 e. The number of nitrogens with one attached hydrogen (secondary N) is 1. The van der Waals surface area contributed by atoms with E-state index >= 15 is 0 Å². The summed E-state index contributed by atoms with van der Waals surface area (Å²) in [5.41, 5.74) is 2.07. The molecule has 3 rings (SSSR count). The van der Waals surface area contributed by atoms with Crippen molar-refractivity contribution < 1.29 is 19.1 Å². The van der Waals surface area contributed by atoms with E-state index in [1.807, 2.05) is 32.0 Å². The summed E-state index contributed by atoms with van der Waals surface area (Å²) in [6, 6.07) is 5.84. The topological polar surface area (TPSA) is 75.7 Å². The number of hydrogen-bond donors (Lipinski definition) is 1. The number of methoxy groups -OCH3 is 1. The molecular formula is C21H28N2O4. The van der Waals surface area contributed by atoms with Gasteiger partial charge in [0.15, 0.2) is 0 Å². The van der Waals surface area contributed by atoms with Gasteiger partial charge in [-0.3, -0.25) is 9.59 Å². The highest BCUT2D eigenvalue weighted by Gasteiger charge is 2.45. The van der Waals surface area contributed by atoms with Gasteiger partial charge in [-0.05, 0) is 43.9 Å². The van der Waals surface area contributed by atoms with E-state index in [0.29, 0.717) is 19.4 Å². The fraction of sp³-hybridized carbons (Fsp3) is 0.571. The predicted octanol–water partition coefficient (Wildman–Crippen LogP) is 2.65. The molecule has 0 radical (unpaired) electrons. The van der Waals surface area contributed by atoms with Gasteiger partial charge in [-0.1, -0.05) is 31.4 Å². The summed E-state index contributed by atoms with van der Waals surface area (Å²) >= 11 is 0. The summed E-state index contributed by atoms with van der Waals surface area (Å²) in [4.78, 5) is 39.5. The number of anilines is 1. The smallest absolute Gasteiger partial charge is 0.331 e. The van der Waals surface area contributed by atoms with E-state index in [2.05, 4.69) is 5.32 Å². The van der Waals surface area contributed by atoms with Gasteiger partial charge in [0.05, 0.1) is 13.0 Å². The largest absolute Gasteiger partial charge is 0.467 e. The molecule has 1 aromatic carbocycles. The first-order valence-corrected chi connectivity index (χ1v) is 9.65. The maximum atomic E-state index is 12.9. The Kier molecular flexibility index (Phi) is 5.53. The second-order valence-electron chi connectivity index (χ2n) is 7.75. The molecule has 27 heavy (non-hydrogen) atoms. The Morgan fingerprint density at radius 1 is 1.19 bits per heavy atom. The van der Waals surface area contributed by atoms with Gasteiger partial charge in [0.1, 0.15) is 5.54 Å². The van der Waals surface area contributed by atoms with Crippen molar-refractivity contribution in [1.29, 1.82) is 0 Å². The highest BCUT2D eigenvalue weighted by Crippen LogP contribution is 2.32. The Labute approximate surface area is 160 Å². The monoisotopic (exact) mass is 372 g/mol. The Hall–Kier alpha value is -2.37. The molecule has 2 aliphatic rings. The van der Waals surface area contributed by atoms with Crippen molar-refractivity contribution in [2.24, 2.45) is 5.92 Å². The van der Waals surface area contributed by atoms with Crippen LogP contribution in [0.4, 0.5) is 5.69 Å². The van der Waals surface area contributed by atoms with E-state index in [9.17, 15) is 14.4 Å². The molecule has 1 saturated heterocycles. The number of amides is 2. The third-order valence-electron chi connectivity index (χ3n) is 6.01. The van der Waals surface area contributed by atoms with Crippen molar-refractivity contribution in [2.45, 2.75) is 57.9 Å². The lowest BCUT2D eigenvalue weighted by atomic mass is 9.81. The van der Waals surface area contributed by atoms with E-state index in [-0.39, 0.29) is 24.2 Å². The van der Waals surface area contributed by atoms with Gasteiger partial charge in [-0.2, -0.15) is 0 Å². The summed E-state index contributed by atoms with van der Waals surface area (Å²) in [6.07, 6.45) is 4.16. The first-order chi connectivity index (χ1) is 12.9. The molecule has 1 aromatic rings. The normalized spacial score (nSPS) is 21.8. The number of aryl methyl sites for hydroxylation is 1. The third kappa shape index (κ3) is 3.70. The van der Waals surface area contributed by atoms with Crippen LogP contribution in [0.15, 0.2) is 18.2 Å². The lowest BCUT2D eigenvalue weighted by molar-refractivity contribution is -0.153. The molecule has 2 fully saturated rings. The van der Waals surface area contributed by atoms with Crippen molar-refractivity contribution in [3.05, 3.63) is 29.3 Å². The Morgan fingerprint density at radius 3 is 2.56 bits per heavy atom. The highest BCUT2D eigenvalue weighted by atomic mass is 16.5. The highest BCUT2D eigenvalue weighted by molar-refractivity contribution is 6.01. The van der Waals surface area contributed by atoms with Crippen LogP contribution in [0.2, 0.25) is 0 Å². The van der Waals surface area contributed by atoms with Crippen LogP contribution in [0.25, 0.3) is 0 Å². The van der Waals surface area contributed by atoms with Crippen LogP contribution in [-0.4, -0.2) is 37.0 Å². The molecule has 1 heterocycles. The quantitative estimate of drug-likeness (QED) is 0.825. The Morgan fingerprint density at radius 2 is 1.89 bits per heavy atom. The number of benzene rings is 1. The minimum absolute atomic E-state index is 0.0559. The summed E-state index contributed by atoms with van der Waals surface area (Å²) in [7, 11) is 1.35. The number of carbonyl (C=O) groups excluding carboxylic acids is 3. The van der Waals surface area contributed by atoms with Crippen LogP contribution < -0.4 is 10.2 Å². The molecule has 6 heteroatoms. The van der Waals surface area contributed by atoms with Gasteiger partial charge in [0, 0.05) is 18.7 Å². The molecule has 146 valence electrons. The van der Waals surface area contributed by atoms with Crippen molar-refractivity contribution in [1.82, 2.24) is 5.32 Å². The number of esters is 1. The fourth-order valence-electron chi connectivity index (χ4n) is 4.21. The molecule has 0 aromatic heterocycles. The van der Waals surface area contributed by atoms with Gasteiger partial charge < -0.3 is 15.0 Å². The number of hydrogen-bond acceptors (Lipinski definition) is 4. The van der Waals surface area contributed by atoms with E-state index < -0.39 is 11.5 Å². The molecule has 1 aliphatic heterocycles. The molecule has 1 atom stereocenters. The van der Waals surface area contributed by atoms with Crippen molar-refractivity contribution in [2.75, 3.05) is 18.6 Å². The lowest BCUT2D eigenvalue weighted by Crippen LogP contribution is -2.57. The van der Waals surface area contributed by atoms with Crippen LogP contribution in [0.1, 0.15) is 49.7 Å². The minimum atomic E-state index is -0.945. The molecule has 1 aliphatic carbocycles. The second-order valence-corrected chi connectivity index (χ2v) is 7.75. The van der Waals surface area contributed by atoms with Gasteiger partial charge >= 0.3 is 5.97 Å². The Bertz CT molecular complexity index is 753. The Balaban J connectivity index is 1.75. The van der Waals surface area contributed by atoms with Crippen molar-refractivity contribution in [3.63, 3.8) is 0 Å². The molecule has 1 N–H and O–H groups in total. The van der Waals surface area contributed by atoms with Gasteiger partial charge in [-0.15, -0.1) is 0 Å². The van der Waals surface area contributed by atoms with Crippen molar-refractivity contribution >= 4 is 23.5 Å². The molecule has 0 bridgehead atoms. The van der Waals surface area contributed by atoms with Gasteiger partial charge in [0.2, 0.25) is 11.8 Å². The van der Waals surface area contributed by atoms with Gasteiger partial charge in [-0.25, -0.2) is 4.79 Å².